The van der Waals surface area contributed by atoms with Crippen molar-refractivity contribution >= 4 is 28.2 Å². The molecular weight excluding hydrogens is 502 g/mol. The maximum absolute atomic E-state index is 6.09. The van der Waals surface area contributed by atoms with Crippen LogP contribution in [0.15, 0.2) is 103 Å². The van der Waals surface area contributed by atoms with Crippen molar-refractivity contribution in [3.05, 3.63) is 103 Å². The second-order valence-electron chi connectivity index (χ2n) is 8.81. The van der Waals surface area contributed by atoms with Crippen molar-refractivity contribution in [2.24, 2.45) is 0 Å². The molecule has 40 heavy (non-hydrogen) atoms. The van der Waals surface area contributed by atoms with Crippen LogP contribution in [0.2, 0.25) is 0 Å². The Kier molecular flexibility index (Phi) is 6.83. The zero-order valence-corrected chi connectivity index (χ0v) is 21.7. The van der Waals surface area contributed by atoms with Crippen LogP contribution < -0.4 is 20.5 Å². The van der Waals surface area contributed by atoms with E-state index in [1.54, 1.807) is 18.5 Å². The fourth-order valence-electron chi connectivity index (χ4n) is 4.33. The molecule has 3 aromatic heterocycles. The van der Waals surface area contributed by atoms with E-state index in [0.29, 0.717) is 35.3 Å². The van der Waals surface area contributed by atoms with Gasteiger partial charge in [0.25, 0.3) is 0 Å². The summed E-state index contributed by atoms with van der Waals surface area (Å²) in [4.78, 5) is 12.6. The molecule has 0 bridgehead atoms. The topological polar surface area (TPSA) is 121 Å². The second kappa shape index (κ2) is 11.0. The Morgan fingerprint density at radius 1 is 0.750 bits per heavy atom. The minimum absolute atomic E-state index is 0.186. The maximum Gasteiger partial charge on any atom is 0.228 e. The molecular formula is C31H25N7O2. The molecule has 3 aromatic carbocycles. The van der Waals surface area contributed by atoms with Crippen LogP contribution in [0.1, 0.15) is 6.92 Å². The van der Waals surface area contributed by atoms with Gasteiger partial charge in [-0.25, -0.2) is 15.0 Å². The van der Waals surface area contributed by atoms with Crippen molar-refractivity contribution in [1.29, 1.82) is 0 Å². The van der Waals surface area contributed by atoms with E-state index >= 15 is 0 Å². The first kappa shape index (κ1) is 24.7. The molecule has 9 heteroatoms. The van der Waals surface area contributed by atoms with E-state index < -0.39 is 0 Å². The lowest BCUT2D eigenvalue weighted by Crippen LogP contribution is -2.00. The van der Waals surface area contributed by atoms with E-state index in [9.17, 15) is 0 Å². The Morgan fingerprint density at radius 3 is 2.30 bits per heavy atom. The van der Waals surface area contributed by atoms with Gasteiger partial charge in [0.2, 0.25) is 11.8 Å². The molecule has 0 spiro atoms. The summed E-state index contributed by atoms with van der Waals surface area (Å²) < 4.78 is 11.7. The van der Waals surface area contributed by atoms with Crippen molar-refractivity contribution < 1.29 is 9.47 Å². The third-order valence-electron chi connectivity index (χ3n) is 6.18. The standard InChI is InChI=1S/C31H25N7O2/c1-2-39-22-13-9-20(10-14-22)28-24-6-3-4-7-25(24)29(38-37-28)35-21-11-15-23(16-12-21)40-30-26(8-5-18-33-30)27-17-19-34-31(32)36-27/h3-19H,2H2,1H3,(H,35,38)(H2,32,34,36). The lowest BCUT2D eigenvalue weighted by molar-refractivity contribution is 0.340. The highest BCUT2D eigenvalue weighted by Gasteiger charge is 2.13. The van der Waals surface area contributed by atoms with Gasteiger partial charge in [-0.3, -0.25) is 0 Å². The van der Waals surface area contributed by atoms with Crippen LogP contribution in [0.3, 0.4) is 0 Å². The van der Waals surface area contributed by atoms with Gasteiger partial charge in [-0.2, -0.15) is 0 Å². The van der Waals surface area contributed by atoms with Crippen molar-refractivity contribution in [3.8, 4) is 39.9 Å². The van der Waals surface area contributed by atoms with Crippen molar-refractivity contribution in [3.63, 3.8) is 0 Å². The van der Waals surface area contributed by atoms with E-state index in [-0.39, 0.29) is 5.95 Å². The fraction of sp³-hybridized carbons (Fsp3) is 0.0645. The van der Waals surface area contributed by atoms with Crippen molar-refractivity contribution in [2.75, 3.05) is 17.7 Å². The number of rotatable bonds is 8. The molecule has 0 atom stereocenters. The molecule has 0 radical (unpaired) electrons. The Labute approximate surface area is 230 Å². The average molecular weight is 528 g/mol. The number of nitrogens with two attached hydrogens (primary N) is 1. The van der Waals surface area contributed by atoms with Gasteiger partial charge in [-0.05, 0) is 73.7 Å². The van der Waals surface area contributed by atoms with Crippen LogP contribution in [0, 0.1) is 0 Å². The summed E-state index contributed by atoms with van der Waals surface area (Å²) in [5, 5.41) is 14.4. The summed E-state index contributed by atoms with van der Waals surface area (Å²) in [6.07, 6.45) is 3.27. The average Bonchev–Trinajstić information content (AvgIpc) is 2.99. The van der Waals surface area contributed by atoms with Crippen LogP contribution >= 0.6 is 0 Å². The number of hydrogen-bond donors (Lipinski definition) is 2. The minimum Gasteiger partial charge on any atom is -0.494 e. The monoisotopic (exact) mass is 527 g/mol. The minimum atomic E-state index is 0.186. The summed E-state index contributed by atoms with van der Waals surface area (Å²) in [6.45, 7) is 2.59. The number of pyridine rings is 1. The highest BCUT2D eigenvalue weighted by Crippen LogP contribution is 2.33. The van der Waals surface area contributed by atoms with Crippen molar-refractivity contribution in [1.82, 2.24) is 25.1 Å². The Morgan fingerprint density at radius 2 is 1.52 bits per heavy atom. The van der Waals surface area contributed by atoms with Gasteiger partial charge < -0.3 is 20.5 Å². The molecule has 0 saturated carbocycles. The van der Waals surface area contributed by atoms with E-state index in [2.05, 4.69) is 30.5 Å². The van der Waals surface area contributed by atoms with Gasteiger partial charge in [-0.15, -0.1) is 10.2 Å². The van der Waals surface area contributed by atoms with Crippen LogP contribution in [0.4, 0.5) is 17.5 Å². The number of nitrogens with zero attached hydrogens (tertiary/aromatic N) is 5. The van der Waals surface area contributed by atoms with Gasteiger partial charge >= 0.3 is 0 Å². The number of fused-ring (bicyclic) bond motifs is 1. The SMILES string of the molecule is CCOc1ccc(-c2nnc(Nc3ccc(Oc4ncccc4-c4ccnc(N)n4)cc3)c3ccccc23)cc1. The Balaban J connectivity index is 1.24. The maximum atomic E-state index is 6.09. The van der Waals surface area contributed by atoms with Crippen LogP contribution in [0.25, 0.3) is 33.3 Å². The van der Waals surface area contributed by atoms with Gasteiger partial charge in [0, 0.05) is 34.4 Å². The molecule has 0 saturated heterocycles. The molecule has 0 unspecified atom stereocenters. The number of anilines is 3. The molecule has 0 fully saturated rings. The summed E-state index contributed by atoms with van der Waals surface area (Å²) in [5.74, 6) is 2.71. The number of aromatic nitrogens is 5. The van der Waals surface area contributed by atoms with Crippen molar-refractivity contribution in [2.45, 2.75) is 6.92 Å². The number of nitrogens with one attached hydrogen (secondary N) is 1. The third kappa shape index (κ3) is 5.21. The molecule has 3 heterocycles. The quantitative estimate of drug-likeness (QED) is 0.224. The first-order chi connectivity index (χ1) is 19.7. The van der Waals surface area contributed by atoms with Crippen LogP contribution in [-0.4, -0.2) is 31.8 Å². The summed E-state index contributed by atoms with van der Waals surface area (Å²) in [6, 6.07) is 29.0. The van der Waals surface area contributed by atoms with Crippen LogP contribution in [0.5, 0.6) is 17.4 Å². The second-order valence-corrected chi connectivity index (χ2v) is 8.81. The Hall–Kier alpha value is -5.57. The number of hydrogen-bond acceptors (Lipinski definition) is 9. The lowest BCUT2D eigenvalue weighted by atomic mass is 10.0. The number of ether oxygens (including phenoxy) is 2. The van der Waals surface area contributed by atoms with Gasteiger partial charge in [0.1, 0.15) is 17.2 Å². The largest absolute Gasteiger partial charge is 0.494 e. The zero-order valence-electron chi connectivity index (χ0n) is 21.7. The predicted molar refractivity (Wildman–Crippen MR) is 156 cm³/mol. The van der Waals surface area contributed by atoms with Gasteiger partial charge in [-0.1, -0.05) is 24.3 Å². The van der Waals surface area contributed by atoms with E-state index in [1.807, 2.05) is 91.9 Å². The highest BCUT2D eigenvalue weighted by molar-refractivity contribution is 6.00. The Bertz CT molecular complexity index is 1770. The summed E-state index contributed by atoms with van der Waals surface area (Å²) in [5.41, 5.74) is 9.73. The molecule has 0 aliphatic heterocycles. The van der Waals surface area contributed by atoms with Gasteiger partial charge in [0.05, 0.1) is 17.9 Å². The molecule has 6 aromatic rings. The smallest absolute Gasteiger partial charge is 0.228 e. The summed E-state index contributed by atoms with van der Waals surface area (Å²) in [7, 11) is 0. The molecule has 0 aliphatic carbocycles. The van der Waals surface area contributed by atoms with E-state index in [1.165, 1.54) is 0 Å². The molecule has 0 amide bonds. The fourth-order valence-corrected chi connectivity index (χ4v) is 4.33. The molecule has 6 rings (SSSR count). The lowest BCUT2D eigenvalue weighted by Gasteiger charge is -2.13. The van der Waals surface area contributed by atoms with E-state index in [4.69, 9.17) is 15.2 Å². The molecule has 196 valence electrons. The third-order valence-corrected chi connectivity index (χ3v) is 6.18. The van der Waals surface area contributed by atoms with Gasteiger partial charge in [0.15, 0.2) is 5.82 Å². The molecule has 0 aliphatic rings. The molecule has 3 N–H and O–H groups in total. The normalized spacial score (nSPS) is 10.8. The highest BCUT2D eigenvalue weighted by atomic mass is 16.5. The summed E-state index contributed by atoms with van der Waals surface area (Å²) >= 11 is 0. The first-order valence-corrected chi connectivity index (χ1v) is 12.8. The number of nitrogen functional groups attached to an aromatic ring is 1. The molecule has 9 nitrogen and oxygen atoms in total. The zero-order chi connectivity index (χ0) is 27.3. The first-order valence-electron chi connectivity index (χ1n) is 12.8. The number of benzene rings is 3. The van der Waals surface area contributed by atoms with Crippen LogP contribution in [-0.2, 0) is 0 Å². The predicted octanol–water partition coefficient (Wildman–Crippen LogP) is 6.67. The van der Waals surface area contributed by atoms with E-state index in [0.717, 1.165) is 33.5 Å².